The minimum atomic E-state index is 0.0347. The van der Waals surface area contributed by atoms with Gasteiger partial charge >= 0.3 is 0 Å². The second kappa shape index (κ2) is 6.72. The van der Waals surface area contributed by atoms with Crippen LogP contribution in [0.25, 0.3) is 6.08 Å². The highest BCUT2D eigenvalue weighted by Gasteiger charge is 2.35. The number of thiophene rings is 1. The molecule has 1 fully saturated rings. The molecule has 0 spiro atoms. The lowest BCUT2D eigenvalue weighted by Gasteiger charge is -2.19. The van der Waals surface area contributed by atoms with E-state index < -0.39 is 0 Å². The van der Waals surface area contributed by atoms with Gasteiger partial charge in [-0.1, -0.05) is 18.2 Å². The van der Waals surface area contributed by atoms with Crippen LogP contribution in [0.5, 0.6) is 0 Å². The van der Waals surface area contributed by atoms with Gasteiger partial charge in [0.25, 0.3) is 5.91 Å². The lowest BCUT2D eigenvalue weighted by molar-refractivity contribution is -0.123. The predicted molar refractivity (Wildman–Crippen MR) is 100 cm³/mol. The first kappa shape index (κ1) is 16.0. The highest BCUT2D eigenvalue weighted by molar-refractivity contribution is 8.18. The zero-order valence-corrected chi connectivity index (χ0v) is 14.9. The fraction of sp³-hybridized carbons (Fsp3) is 0.222. The molecule has 0 atom stereocenters. The number of thioether (sulfide) groups is 1. The third-order valence-corrected chi connectivity index (χ3v) is 5.45. The molecular weight excluding hydrogens is 324 g/mol. The zero-order valence-electron chi connectivity index (χ0n) is 13.3. The number of amidine groups is 1. The highest BCUT2D eigenvalue weighted by Crippen LogP contribution is 2.36. The Labute approximate surface area is 144 Å². The zero-order chi connectivity index (χ0) is 16.4. The fourth-order valence-corrected chi connectivity index (χ4v) is 4.32. The molecule has 1 aliphatic rings. The van der Waals surface area contributed by atoms with Crippen molar-refractivity contribution in [3.05, 3.63) is 57.1 Å². The number of nitrogens with zero attached hydrogens (tertiary/aromatic N) is 2. The molecule has 0 N–H and O–H groups in total. The summed E-state index contributed by atoms with van der Waals surface area (Å²) in [4.78, 5) is 21.0. The number of para-hydroxylation sites is 1. The summed E-state index contributed by atoms with van der Waals surface area (Å²) >= 11 is 3.10. The standard InChI is InChI=1S/C18H18N2OS2/c1-12(2)20-17(21)16(11-15-13(3)9-10-22-15)23-18(20)19-14-7-5-4-6-8-14/h4-12H,1-3H3. The molecule has 1 aliphatic heterocycles. The number of aryl methyl sites for hydroxylation is 1. The van der Waals surface area contributed by atoms with Crippen LogP contribution in [0.15, 0.2) is 51.7 Å². The minimum absolute atomic E-state index is 0.0347. The Morgan fingerprint density at radius 1 is 1.17 bits per heavy atom. The van der Waals surface area contributed by atoms with Gasteiger partial charge in [-0.05, 0) is 67.8 Å². The van der Waals surface area contributed by atoms with Crippen LogP contribution in [0.1, 0.15) is 24.3 Å². The molecule has 2 heterocycles. The van der Waals surface area contributed by atoms with Gasteiger partial charge in [-0.2, -0.15) is 0 Å². The van der Waals surface area contributed by atoms with Crippen molar-refractivity contribution in [2.75, 3.05) is 0 Å². The van der Waals surface area contributed by atoms with Crippen molar-refractivity contribution in [1.82, 2.24) is 4.90 Å². The first-order valence-corrected chi connectivity index (χ1v) is 9.17. The lowest BCUT2D eigenvalue weighted by Crippen LogP contribution is -2.35. The van der Waals surface area contributed by atoms with Crippen molar-refractivity contribution in [3.8, 4) is 0 Å². The Kier molecular flexibility index (Phi) is 4.68. The molecule has 23 heavy (non-hydrogen) atoms. The number of aliphatic imine (C=N–C) groups is 1. The molecule has 0 saturated carbocycles. The molecule has 5 heteroatoms. The van der Waals surface area contributed by atoms with Crippen LogP contribution in [-0.2, 0) is 4.79 Å². The Balaban J connectivity index is 1.98. The Morgan fingerprint density at radius 3 is 2.52 bits per heavy atom. The van der Waals surface area contributed by atoms with E-state index in [1.54, 1.807) is 16.2 Å². The Morgan fingerprint density at radius 2 is 1.91 bits per heavy atom. The second-order valence-electron chi connectivity index (χ2n) is 5.58. The Hall–Kier alpha value is -1.85. The van der Waals surface area contributed by atoms with Crippen molar-refractivity contribution in [3.63, 3.8) is 0 Å². The van der Waals surface area contributed by atoms with Gasteiger partial charge in [0.15, 0.2) is 5.17 Å². The molecule has 3 nitrogen and oxygen atoms in total. The molecule has 0 aliphatic carbocycles. The number of carbonyl (C=O) groups excluding carboxylic acids is 1. The van der Waals surface area contributed by atoms with Crippen molar-refractivity contribution in [2.45, 2.75) is 26.8 Å². The monoisotopic (exact) mass is 342 g/mol. The average molecular weight is 342 g/mol. The second-order valence-corrected chi connectivity index (χ2v) is 7.53. The van der Waals surface area contributed by atoms with Crippen molar-refractivity contribution >= 4 is 45.9 Å². The first-order chi connectivity index (χ1) is 11.1. The summed E-state index contributed by atoms with van der Waals surface area (Å²) in [6.45, 7) is 6.09. The van der Waals surface area contributed by atoms with E-state index in [1.807, 2.05) is 55.6 Å². The van der Waals surface area contributed by atoms with Gasteiger partial charge in [0.05, 0.1) is 10.6 Å². The maximum absolute atomic E-state index is 12.7. The van der Waals surface area contributed by atoms with Crippen LogP contribution in [0.2, 0.25) is 0 Å². The van der Waals surface area contributed by atoms with Gasteiger partial charge < -0.3 is 0 Å². The van der Waals surface area contributed by atoms with Gasteiger partial charge in [0, 0.05) is 10.9 Å². The third-order valence-electron chi connectivity index (χ3n) is 3.50. The first-order valence-electron chi connectivity index (χ1n) is 7.47. The summed E-state index contributed by atoms with van der Waals surface area (Å²) in [6, 6.07) is 11.9. The molecule has 2 aromatic rings. The summed E-state index contributed by atoms with van der Waals surface area (Å²) in [5.74, 6) is 0.0347. The largest absolute Gasteiger partial charge is 0.284 e. The molecule has 0 bridgehead atoms. The summed E-state index contributed by atoms with van der Waals surface area (Å²) in [5, 5.41) is 2.79. The van der Waals surface area contributed by atoms with Crippen molar-refractivity contribution in [2.24, 2.45) is 4.99 Å². The van der Waals surface area contributed by atoms with Gasteiger partial charge in [-0.3, -0.25) is 9.69 Å². The molecule has 3 rings (SSSR count). The molecule has 118 valence electrons. The van der Waals surface area contributed by atoms with Gasteiger partial charge in [-0.15, -0.1) is 11.3 Å². The molecule has 0 radical (unpaired) electrons. The van der Waals surface area contributed by atoms with E-state index in [0.717, 1.165) is 20.6 Å². The summed E-state index contributed by atoms with van der Waals surface area (Å²) < 4.78 is 0. The average Bonchev–Trinajstić information content (AvgIpc) is 3.05. The molecule has 1 saturated heterocycles. The molecular formula is C18H18N2OS2. The van der Waals surface area contributed by atoms with Crippen LogP contribution in [0.3, 0.4) is 0 Å². The van der Waals surface area contributed by atoms with Crippen LogP contribution in [0, 0.1) is 6.92 Å². The maximum atomic E-state index is 12.7. The van der Waals surface area contributed by atoms with E-state index in [0.29, 0.717) is 0 Å². The SMILES string of the molecule is Cc1ccsc1C=C1SC(=Nc2ccccc2)N(C(C)C)C1=O. The van der Waals surface area contributed by atoms with E-state index in [4.69, 9.17) is 0 Å². The van der Waals surface area contributed by atoms with E-state index in [1.165, 1.54) is 17.3 Å². The van der Waals surface area contributed by atoms with Crippen LogP contribution in [0.4, 0.5) is 5.69 Å². The number of amides is 1. The third kappa shape index (κ3) is 3.41. The van der Waals surface area contributed by atoms with E-state index in [9.17, 15) is 4.79 Å². The summed E-state index contributed by atoms with van der Waals surface area (Å²) in [5.41, 5.74) is 2.06. The van der Waals surface area contributed by atoms with Crippen molar-refractivity contribution in [1.29, 1.82) is 0 Å². The minimum Gasteiger partial charge on any atom is -0.284 e. The maximum Gasteiger partial charge on any atom is 0.267 e. The normalized spacial score (nSPS) is 18.6. The molecule has 0 unspecified atom stereocenters. The topological polar surface area (TPSA) is 32.7 Å². The smallest absolute Gasteiger partial charge is 0.267 e. The van der Waals surface area contributed by atoms with Crippen LogP contribution in [-0.4, -0.2) is 22.0 Å². The van der Waals surface area contributed by atoms with Crippen LogP contribution >= 0.6 is 23.1 Å². The fourth-order valence-electron chi connectivity index (χ4n) is 2.28. The Bertz CT molecular complexity index is 775. The quantitative estimate of drug-likeness (QED) is 0.730. The number of benzene rings is 1. The van der Waals surface area contributed by atoms with Gasteiger partial charge in [0.1, 0.15) is 0 Å². The molecule has 1 aromatic carbocycles. The van der Waals surface area contributed by atoms with E-state index in [2.05, 4.69) is 18.0 Å². The highest BCUT2D eigenvalue weighted by atomic mass is 32.2. The molecule has 1 amide bonds. The summed E-state index contributed by atoms with van der Waals surface area (Å²) in [7, 11) is 0. The number of hydrogen-bond donors (Lipinski definition) is 0. The number of hydrogen-bond acceptors (Lipinski definition) is 4. The van der Waals surface area contributed by atoms with Gasteiger partial charge in [0.2, 0.25) is 0 Å². The number of rotatable bonds is 3. The number of carbonyl (C=O) groups is 1. The van der Waals surface area contributed by atoms with E-state index >= 15 is 0 Å². The van der Waals surface area contributed by atoms with Crippen LogP contribution < -0.4 is 0 Å². The van der Waals surface area contributed by atoms with Gasteiger partial charge in [-0.25, -0.2) is 4.99 Å². The van der Waals surface area contributed by atoms with E-state index in [-0.39, 0.29) is 11.9 Å². The lowest BCUT2D eigenvalue weighted by atomic mass is 10.2. The summed E-state index contributed by atoms with van der Waals surface area (Å²) in [6.07, 6.45) is 1.98. The predicted octanol–water partition coefficient (Wildman–Crippen LogP) is 5.07. The molecule has 1 aromatic heterocycles. The van der Waals surface area contributed by atoms with Crippen molar-refractivity contribution < 1.29 is 4.79 Å².